The maximum Gasteiger partial charge on any atom is 0.338 e. The number of hydrazone groups is 1. The Morgan fingerprint density at radius 3 is 2.52 bits per heavy atom. The number of carbonyl (C=O) groups is 3. The molecule has 0 bridgehead atoms. The summed E-state index contributed by atoms with van der Waals surface area (Å²) in [5.41, 5.74) is 3.58. The van der Waals surface area contributed by atoms with Gasteiger partial charge in [0.1, 0.15) is 23.3 Å². The Labute approximate surface area is 255 Å². The van der Waals surface area contributed by atoms with E-state index in [4.69, 9.17) is 37.1 Å². The van der Waals surface area contributed by atoms with E-state index in [9.17, 15) is 14.4 Å². The van der Waals surface area contributed by atoms with Gasteiger partial charge < -0.3 is 19.2 Å². The second kappa shape index (κ2) is 16.0. The number of hydrogen-bond acceptors (Lipinski definition) is 7. The molecule has 3 aromatic rings. The van der Waals surface area contributed by atoms with E-state index >= 15 is 0 Å². The van der Waals surface area contributed by atoms with Crippen molar-refractivity contribution >= 4 is 47.2 Å². The SMILES string of the molecule is CC(C)C[C@@H](NC(=O)CCCOc1ccc(Cl)cc1Cl)C(=O)N/N=C\c1ccc(-c2cccc(C(=O)OC(C)C)c2)o1. The molecule has 11 heteroatoms. The Balaban J connectivity index is 1.51. The molecule has 1 aromatic heterocycles. The molecule has 0 aliphatic rings. The lowest BCUT2D eigenvalue weighted by Gasteiger charge is -2.19. The van der Waals surface area contributed by atoms with Crippen molar-refractivity contribution in [3.63, 3.8) is 0 Å². The molecule has 9 nitrogen and oxygen atoms in total. The molecule has 0 spiro atoms. The van der Waals surface area contributed by atoms with Crippen LogP contribution in [0.4, 0.5) is 0 Å². The lowest BCUT2D eigenvalue weighted by atomic mass is 10.0. The first-order chi connectivity index (χ1) is 20.0. The van der Waals surface area contributed by atoms with Crippen LogP contribution in [0.3, 0.4) is 0 Å². The average Bonchev–Trinajstić information content (AvgIpc) is 3.40. The van der Waals surface area contributed by atoms with Gasteiger partial charge in [-0.25, -0.2) is 10.2 Å². The third-order valence-corrected chi connectivity index (χ3v) is 6.31. The van der Waals surface area contributed by atoms with Gasteiger partial charge in [0, 0.05) is 17.0 Å². The summed E-state index contributed by atoms with van der Waals surface area (Å²) in [6.45, 7) is 7.77. The number of esters is 1. The van der Waals surface area contributed by atoms with E-state index in [0.717, 1.165) is 0 Å². The number of rotatable bonds is 14. The van der Waals surface area contributed by atoms with Crippen LogP contribution in [0.15, 0.2) is 64.1 Å². The van der Waals surface area contributed by atoms with Gasteiger partial charge in [0.25, 0.3) is 5.91 Å². The minimum Gasteiger partial charge on any atom is -0.492 e. The molecule has 0 radical (unpaired) electrons. The monoisotopic (exact) mass is 615 g/mol. The van der Waals surface area contributed by atoms with Gasteiger partial charge in [-0.2, -0.15) is 5.10 Å². The molecule has 0 aliphatic carbocycles. The molecule has 2 aromatic carbocycles. The van der Waals surface area contributed by atoms with Crippen LogP contribution < -0.4 is 15.5 Å². The van der Waals surface area contributed by atoms with E-state index in [1.165, 1.54) is 6.21 Å². The first kappa shape index (κ1) is 32.7. The van der Waals surface area contributed by atoms with Crippen LogP contribution in [0.2, 0.25) is 10.0 Å². The number of benzene rings is 2. The standard InChI is InChI=1S/C31H35Cl2N3O6/c1-19(2)15-26(35-29(37)9-6-14-40-28-12-10-23(32)17-25(28)33)30(38)36-34-18-24-11-13-27(42-24)21-7-5-8-22(16-21)31(39)41-20(3)4/h5,7-8,10-13,16-20,26H,6,9,14-15H2,1-4H3,(H,35,37)(H,36,38)/b34-18-/t26-/m1/s1. The van der Waals surface area contributed by atoms with Crippen molar-refractivity contribution < 1.29 is 28.3 Å². The first-order valence-electron chi connectivity index (χ1n) is 13.6. The fraction of sp³-hybridized carbons (Fsp3) is 0.355. The highest BCUT2D eigenvalue weighted by Gasteiger charge is 2.21. The van der Waals surface area contributed by atoms with Gasteiger partial charge in [0.2, 0.25) is 5.91 Å². The van der Waals surface area contributed by atoms with Crippen molar-refractivity contribution in [2.45, 2.75) is 59.1 Å². The van der Waals surface area contributed by atoms with E-state index < -0.39 is 17.9 Å². The average molecular weight is 617 g/mol. The van der Waals surface area contributed by atoms with Crippen molar-refractivity contribution in [1.29, 1.82) is 0 Å². The minimum absolute atomic E-state index is 0.154. The molecule has 42 heavy (non-hydrogen) atoms. The third-order valence-electron chi connectivity index (χ3n) is 5.78. The zero-order valence-corrected chi connectivity index (χ0v) is 25.5. The Morgan fingerprint density at radius 1 is 1.02 bits per heavy atom. The maximum atomic E-state index is 12.8. The number of nitrogens with zero attached hydrogens (tertiary/aromatic N) is 1. The van der Waals surface area contributed by atoms with Gasteiger partial charge in [-0.05, 0) is 75.1 Å². The van der Waals surface area contributed by atoms with Crippen molar-refractivity contribution in [2.75, 3.05) is 6.61 Å². The molecule has 2 amide bonds. The van der Waals surface area contributed by atoms with Crippen molar-refractivity contribution in [1.82, 2.24) is 10.7 Å². The summed E-state index contributed by atoms with van der Waals surface area (Å²) in [6, 6.07) is 14.5. The van der Waals surface area contributed by atoms with Gasteiger partial charge in [0.05, 0.1) is 29.5 Å². The molecular weight excluding hydrogens is 581 g/mol. The van der Waals surface area contributed by atoms with E-state index in [1.54, 1.807) is 62.4 Å². The zero-order valence-electron chi connectivity index (χ0n) is 24.0. The minimum atomic E-state index is -0.762. The van der Waals surface area contributed by atoms with E-state index in [0.29, 0.717) is 51.3 Å². The molecule has 0 saturated carbocycles. The molecule has 224 valence electrons. The first-order valence-corrected chi connectivity index (χ1v) is 14.4. The second-order valence-electron chi connectivity index (χ2n) is 10.2. The third kappa shape index (κ3) is 10.5. The van der Waals surface area contributed by atoms with Gasteiger partial charge in [-0.15, -0.1) is 0 Å². The Bertz CT molecular complexity index is 1400. The molecule has 1 atom stereocenters. The Kier molecular flexibility index (Phi) is 12.4. The van der Waals surface area contributed by atoms with Crippen LogP contribution in [0, 0.1) is 5.92 Å². The smallest absolute Gasteiger partial charge is 0.338 e. The summed E-state index contributed by atoms with van der Waals surface area (Å²) in [6.07, 6.45) is 2.18. The quantitative estimate of drug-likeness (QED) is 0.0905. The van der Waals surface area contributed by atoms with Crippen LogP contribution in [0.1, 0.15) is 63.1 Å². The molecular formula is C31H35Cl2N3O6. The van der Waals surface area contributed by atoms with Crippen LogP contribution in [0.5, 0.6) is 5.75 Å². The molecule has 3 rings (SSSR count). The number of nitrogens with one attached hydrogen (secondary N) is 2. The van der Waals surface area contributed by atoms with Crippen LogP contribution in [-0.2, 0) is 14.3 Å². The molecule has 2 N–H and O–H groups in total. The molecule has 0 saturated heterocycles. The highest BCUT2D eigenvalue weighted by molar-refractivity contribution is 6.35. The highest BCUT2D eigenvalue weighted by Crippen LogP contribution is 2.27. The molecule has 1 heterocycles. The fourth-order valence-corrected chi connectivity index (χ4v) is 4.34. The van der Waals surface area contributed by atoms with E-state index in [1.807, 2.05) is 19.9 Å². The van der Waals surface area contributed by atoms with E-state index in [-0.39, 0.29) is 31.0 Å². The van der Waals surface area contributed by atoms with Gasteiger partial charge in [-0.3, -0.25) is 9.59 Å². The van der Waals surface area contributed by atoms with Crippen molar-refractivity contribution in [2.24, 2.45) is 11.0 Å². The predicted octanol–water partition coefficient (Wildman–Crippen LogP) is 6.66. The largest absolute Gasteiger partial charge is 0.492 e. The van der Waals surface area contributed by atoms with Crippen molar-refractivity contribution in [3.05, 3.63) is 76.0 Å². The topological polar surface area (TPSA) is 119 Å². The zero-order chi connectivity index (χ0) is 30.6. The summed E-state index contributed by atoms with van der Waals surface area (Å²) >= 11 is 12.0. The normalized spacial score (nSPS) is 12.0. The Hall–Kier alpha value is -3.82. The number of amides is 2. The number of ether oxygens (including phenoxy) is 2. The van der Waals surface area contributed by atoms with Gasteiger partial charge in [-0.1, -0.05) is 49.2 Å². The predicted molar refractivity (Wildman–Crippen MR) is 163 cm³/mol. The number of halogens is 2. The summed E-state index contributed by atoms with van der Waals surface area (Å²) in [4.78, 5) is 37.6. The van der Waals surface area contributed by atoms with Crippen LogP contribution in [0.25, 0.3) is 11.3 Å². The number of carbonyl (C=O) groups excluding carboxylic acids is 3. The summed E-state index contributed by atoms with van der Waals surface area (Å²) in [5, 5.41) is 7.68. The van der Waals surface area contributed by atoms with Crippen LogP contribution >= 0.6 is 23.2 Å². The van der Waals surface area contributed by atoms with Gasteiger partial charge >= 0.3 is 5.97 Å². The van der Waals surface area contributed by atoms with Gasteiger partial charge in [0.15, 0.2) is 0 Å². The fourth-order valence-electron chi connectivity index (χ4n) is 3.87. The summed E-state index contributed by atoms with van der Waals surface area (Å²) in [7, 11) is 0. The summed E-state index contributed by atoms with van der Waals surface area (Å²) < 4.78 is 16.7. The molecule has 0 unspecified atom stereocenters. The molecule has 0 fully saturated rings. The second-order valence-corrected chi connectivity index (χ2v) is 11.1. The van der Waals surface area contributed by atoms with Crippen molar-refractivity contribution in [3.8, 4) is 17.1 Å². The highest BCUT2D eigenvalue weighted by atomic mass is 35.5. The summed E-state index contributed by atoms with van der Waals surface area (Å²) in [5.74, 6) is 0.421. The lowest BCUT2D eigenvalue weighted by molar-refractivity contribution is -0.129. The van der Waals surface area contributed by atoms with Crippen LogP contribution in [-0.4, -0.2) is 42.8 Å². The maximum absolute atomic E-state index is 12.8. The van der Waals surface area contributed by atoms with E-state index in [2.05, 4.69) is 15.8 Å². The lowest BCUT2D eigenvalue weighted by Crippen LogP contribution is -2.46. The molecule has 0 aliphatic heterocycles. The Morgan fingerprint density at radius 2 is 1.81 bits per heavy atom. The number of furan rings is 1. The number of hydrogen-bond donors (Lipinski definition) is 2.